The predicted molar refractivity (Wildman–Crippen MR) is 71.8 cm³/mol. The van der Waals surface area contributed by atoms with E-state index in [-0.39, 0.29) is 0 Å². The van der Waals surface area contributed by atoms with Gasteiger partial charge in [-0.3, -0.25) is 4.90 Å². The Bertz CT molecular complexity index is 509. The number of aromatic nitrogens is 1. The molecule has 0 saturated carbocycles. The van der Waals surface area contributed by atoms with Gasteiger partial charge in [-0.15, -0.1) is 0 Å². The van der Waals surface area contributed by atoms with Crippen molar-refractivity contribution in [2.75, 3.05) is 18.8 Å². The van der Waals surface area contributed by atoms with Crippen molar-refractivity contribution in [1.29, 1.82) is 0 Å². The Morgan fingerprint density at radius 1 is 1.12 bits per heavy atom. The SMILES string of the molecule is Nc1ccc2[nH]c(CN3CCCCC3)cc2c1. The van der Waals surface area contributed by atoms with E-state index in [4.69, 9.17) is 5.73 Å². The molecule has 1 aromatic carbocycles. The number of fused-ring (bicyclic) bond motifs is 1. The highest BCUT2D eigenvalue weighted by atomic mass is 15.1. The standard InChI is InChI=1S/C14H19N3/c15-12-4-5-14-11(8-12)9-13(16-14)10-17-6-2-1-3-7-17/h4-5,8-9,16H,1-3,6-7,10,15H2. The first-order valence-corrected chi connectivity index (χ1v) is 6.41. The van der Waals surface area contributed by atoms with Gasteiger partial charge in [0.15, 0.2) is 0 Å². The van der Waals surface area contributed by atoms with Crippen molar-refractivity contribution >= 4 is 16.6 Å². The molecule has 3 rings (SSSR count). The van der Waals surface area contributed by atoms with Gasteiger partial charge >= 0.3 is 0 Å². The van der Waals surface area contributed by atoms with Gasteiger partial charge in [-0.2, -0.15) is 0 Å². The van der Waals surface area contributed by atoms with Crippen LogP contribution >= 0.6 is 0 Å². The van der Waals surface area contributed by atoms with E-state index in [1.807, 2.05) is 12.1 Å². The molecule has 0 atom stereocenters. The quantitative estimate of drug-likeness (QED) is 0.778. The Balaban J connectivity index is 1.80. The highest BCUT2D eigenvalue weighted by Gasteiger charge is 2.11. The molecular weight excluding hydrogens is 210 g/mol. The number of H-pyrrole nitrogens is 1. The van der Waals surface area contributed by atoms with Crippen molar-refractivity contribution in [3.05, 3.63) is 30.0 Å². The number of hydrogen-bond acceptors (Lipinski definition) is 2. The molecule has 0 radical (unpaired) electrons. The predicted octanol–water partition coefficient (Wildman–Crippen LogP) is 2.74. The van der Waals surface area contributed by atoms with Crippen LogP contribution in [0.3, 0.4) is 0 Å². The summed E-state index contributed by atoms with van der Waals surface area (Å²) in [5, 5.41) is 1.22. The van der Waals surface area contributed by atoms with Gasteiger partial charge in [-0.1, -0.05) is 6.42 Å². The topological polar surface area (TPSA) is 45.1 Å². The van der Waals surface area contributed by atoms with Gasteiger partial charge < -0.3 is 10.7 Å². The first-order chi connectivity index (χ1) is 8.31. The fourth-order valence-electron chi connectivity index (χ4n) is 2.65. The summed E-state index contributed by atoms with van der Waals surface area (Å²) in [6, 6.07) is 8.26. The Hall–Kier alpha value is -1.48. The molecule has 1 aromatic heterocycles. The van der Waals surface area contributed by atoms with Crippen LogP contribution in [0.2, 0.25) is 0 Å². The summed E-state index contributed by atoms with van der Waals surface area (Å²) < 4.78 is 0. The normalized spacial score (nSPS) is 17.6. The molecule has 1 saturated heterocycles. The minimum atomic E-state index is 0.834. The van der Waals surface area contributed by atoms with Gasteiger partial charge in [0, 0.05) is 28.8 Å². The van der Waals surface area contributed by atoms with Gasteiger partial charge in [0.25, 0.3) is 0 Å². The van der Waals surface area contributed by atoms with E-state index >= 15 is 0 Å². The van der Waals surface area contributed by atoms with Crippen LogP contribution in [0.25, 0.3) is 10.9 Å². The maximum atomic E-state index is 5.79. The number of benzene rings is 1. The van der Waals surface area contributed by atoms with Crippen LogP contribution in [0.4, 0.5) is 5.69 Å². The molecule has 0 amide bonds. The molecule has 3 nitrogen and oxygen atoms in total. The number of aromatic amines is 1. The van der Waals surface area contributed by atoms with Crippen LogP contribution in [0.15, 0.2) is 24.3 Å². The third kappa shape index (κ3) is 2.29. The fourth-order valence-corrected chi connectivity index (χ4v) is 2.65. The zero-order valence-corrected chi connectivity index (χ0v) is 10.1. The number of nitrogen functional groups attached to an aromatic ring is 1. The van der Waals surface area contributed by atoms with Crippen molar-refractivity contribution in [2.45, 2.75) is 25.8 Å². The smallest absolute Gasteiger partial charge is 0.0457 e. The van der Waals surface area contributed by atoms with Crippen molar-refractivity contribution in [2.24, 2.45) is 0 Å². The number of nitrogens with one attached hydrogen (secondary N) is 1. The monoisotopic (exact) mass is 229 g/mol. The summed E-state index contributed by atoms with van der Waals surface area (Å²) in [5.74, 6) is 0. The van der Waals surface area contributed by atoms with Gasteiger partial charge in [0.05, 0.1) is 0 Å². The number of nitrogens with two attached hydrogens (primary N) is 1. The zero-order chi connectivity index (χ0) is 11.7. The number of anilines is 1. The Kier molecular flexibility index (Phi) is 2.77. The summed E-state index contributed by atoms with van der Waals surface area (Å²) >= 11 is 0. The number of piperidine rings is 1. The largest absolute Gasteiger partial charge is 0.399 e. The average Bonchev–Trinajstić information content (AvgIpc) is 2.71. The second kappa shape index (κ2) is 4.41. The maximum Gasteiger partial charge on any atom is 0.0457 e. The Morgan fingerprint density at radius 3 is 2.76 bits per heavy atom. The molecule has 1 aliphatic heterocycles. The molecule has 2 aromatic rings. The van der Waals surface area contributed by atoms with E-state index in [9.17, 15) is 0 Å². The average molecular weight is 229 g/mol. The molecule has 0 unspecified atom stereocenters. The molecule has 0 spiro atoms. The highest BCUT2D eigenvalue weighted by molar-refractivity contribution is 5.83. The van der Waals surface area contributed by atoms with Gasteiger partial charge in [0.1, 0.15) is 0 Å². The van der Waals surface area contributed by atoms with Crippen LogP contribution < -0.4 is 5.73 Å². The second-order valence-corrected chi connectivity index (χ2v) is 4.98. The molecule has 3 N–H and O–H groups in total. The first kappa shape index (κ1) is 10.7. The van der Waals surface area contributed by atoms with E-state index in [0.717, 1.165) is 12.2 Å². The van der Waals surface area contributed by atoms with Crippen molar-refractivity contribution < 1.29 is 0 Å². The fraction of sp³-hybridized carbons (Fsp3) is 0.429. The molecular formula is C14H19N3. The van der Waals surface area contributed by atoms with Crippen LogP contribution in [0, 0.1) is 0 Å². The van der Waals surface area contributed by atoms with Crippen LogP contribution in [-0.2, 0) is 6.54 Å². The molecule has 0 bridgehead atoms. The lowest BCUT2D eigenvalue weighted by atomic mass is 10.1. The maximum absolute atomic E-state index is 5.79. The van der Waals surface area contributed by atoms with E-state index in [2.05, 4.69) is 22.0 Å². The minimum Gasteiger partial charge on any atom is -0.399 e. The number of nitrogens with zero attached hydrogens (tertiary/aromatic N) is 1. The lowest BCUT2D eigenvalue weighted by molar-refractivity contribution is 0.219. The van der Waals surface area contributed by atoms with Crippen LogP contribution in [0.5, 0.6) is 0 Å². The highest BCUT2D eigenvalue weighted by Crippen LogP contribution is 2.20. The third-order valence-electron chi connectivity index (χ3n) is 3.54. The van der Waals surface area contributed by atoms with E-state index < -0.39 is 0 Å². The lowest BCUT2D eigenvalue weighted by Crippen LogP contribution is -2.29. The van der Waals surface area contributed by atoms with Crippen LogP contribution in [0.1, 0.15) is 25.0 Å². The van der Waals surface area contributed by atoms with Crippen molar-refractivity contribution in [1.82, 2.24) is 9.88 Å². The summed E-state index contributed by atoms with van der Waals surface area (Å²) in [5.41, 5.74) is 9.11. The molecule has 17 heavy (non-hydrogen) atoms. The number of likely N-dealkylation sites (tertiary alicyclic amines) is 1. The third-order valence-corrected chi connectivity index (χ3v) is 3.54. The Labute approximate surface area is 102 Å². The molecule has 90 valence electrons. The summed E-state index contributed by atoms with van der Waals surface area (Å²) in [4.78, 5) is 6.00. The van der Waals surface area contributed by atoms with Crippen LogP contribution in [-0.4, -0.2) is 23.0 Å². The number of rotatable bonds is 2. The van der Waals surface area contributed by atoms with Crippen molar-refractivity contribution in [3.63, 3.8) is 0 Å². The minimum absolute atomic E-state index is 0.834. The van der Waals surface area contributed by atoms with E-state index in [0.29, 0.717) is 0 Å². The van der Waals surface area contributed by atoms with E-state index in [1.54, 1.807) is 0 Å². The first-order valence-electron chi connectivity index (χ1n) is 6.41. The molecule has 0 aliphatic carbocycles. The van der Waals surface area contributed by atoms with Gasteiger partial charge in [-0.25, -0.2) is 0 Å². The van der Waals surface area contributed by atoms with Gasteiger partial charge in [-0.05, 0) is 50.2 Å². The van der Waals surface area contributed by atoms with E-state index in [1.165, 1.54) is 48.9 Å². The summed E-state index contributed by atoms with van der Waals surface area (Å²) in [6.45, 7) is 3.50. The lowest BCUT2D eigenvalue weighted by Gasteiger charge is -2.25. The molecule has 3 heteroatoms. The zero-order valence-electron chi connectivity index (χ0n) is 10.1. The Morgan fingerprint density at radius 2 is 1.94 bits per heavy atom. The molecule has 2 heterocycles. The summed E-state index contributed by atoms with van der Waals surface area (Å²) in [7, 11) is 0. The second-order valence-electron chi connectivity index (χ2n) is 4.98. The summed E-state index contributed by atoms with van der Waals surface area (Å²) in [6.07, 6.45) is 4.07. The molecule has 1 aliphatic rings. The van der Waals surface area contributed by atoms with Gasteiger partial charge in [0.2, 0.25) is 0 Å². The number of hydrogen-bond donors (Lipinski definition) is 2. The van der Waals surface area contributed by atoms with Crippen molar-refractivity contribution in [3.8, 4) is 0 Å². The molecule has 1 fully saturated rings.